The topological polar surface area (TPSA) is 43.3 Å². The molecule has 0 bridgehead atoms. The fraction of sp³-hybridized carbons (Fsp3) is 0.417. The van der Waals surface area contributed by atoms with Gasteiger partial charge >= 0.3 is 0 Å². The van der Waals surface area contributed by atoms with Crippen molar-refractivity contribution in [2.45, 2.75) is 31.2 Å². The molecule has 16 heavy (non-hydrogen) atoms. The van der Waals surface area contributed by atoms with Gasteiger partial charge in [-0.15, -0.1) is 0 Å². The summed E-state index contributed by atoms with van der Waals surface area (Å²) in [6, 6.07) is 4.13. The summed E-state index contributed by atoms with van der Waals surface area (Å²) in [5, 5.41) is 0.519. The maximum Gasteiger partial charge on any atom is 0.207 e. The Kier molecular flexibility index (Phi) is 2.19. The van der Waals surface area contributed by atoms with Crippen LogP contribution in [0.15, 0.2) is 24.5 Å². The summed E-state index contributed by atoms with van der Waals surface area (Å²) in [6.45, 7) is 0. The van der Waals surface area contributed by atoms with Crippen molar-refractivity contribution >= 4 is 17.1 Å². The first-order valence-corrected chi connectivity index (χ1v) is 5.95. The van der Waals surface area contributed by atoms with Gasteiger partial charge in [0.25, 0.3) is 0 Å². The maximum absolute atomic E-state index is 6.10. The second-order valence-electron chi connectivity index (χ2n) is 4.68. The summed E-state index contributed by atoms with van der Waals surface area (Å²) in [4.78, 5) is 4.11. The average molecular weight is 236 g/mol. The molecule has 0 atom stereocenters. The van der Waals surface area contributed by atoms with E-state index in [1.807, 2.05) is 22.9 Å². The molecule has 84 valence electrons. The van der Waals surface area contributed by atoms with E-state index in [9.17, 15) is 0 Å². The molecule has 0 amide bonds. The molecular formula is C12H14ClN3. The van der Waals surface area contributed by atoms with Crippen LogP contribution in [-0.4, -0.2) is 14.9 Å². The van der Waals surface area contributed by atoms with Crippen molar-refractivity contribution in [3.05, 3.63) is 35.4 Å². The first-order valence-electron chi connectivity index (χ1n) is 5.57. The van der Waals surface area contributed by atoms with E-state index in [0.29, 0.717) is 5.28 Å². The zero-order chi connectivity index (χ0) is 11.2. The molecule has 0 radical (unpaired) electrons. The molecular weight excluding hydrogens is 222 g/mol. The molecule has 4 heteroatoms. The predicted octanol–water partition coefficient (Wildman–Crippen LogP) is 2.41. The number of imidazole rings is 1. The van der Waals surface area contributed by atoms with Crippen molar-refractivity contribution < 1.29 is 0 Å². The standard InChI is InChI=1S/C12H14ClN3/c13-11-15-8-10-9(2-1-7-16(10)11)3-4-12(14)5-6-12/h1-2,7-8H,3-6,14H2. The van der Waals surface area contributed by atoms with E-state index in [-0.39, 0.29) is 5.54 Å². The SMILES string of the molecule is NC1(CCc2cccn3c(Cl)ncc23)CC1. The number of aryl methyl sites for hydroxylation is 1. The summed E-state index contributed by atoms with van der Waals surface area (Å²) in [5.41, 5.74) is 8.57. The molecule has 3 rings (SSSR count). The van der Waals surface area contributed by atoms with Crippen LogP contribution in [0.4, 0.5) is 0 Å². The Hall–Kier alpha value is -1.06. The van der Waals surface area contributed by atoms with Crippen LogP contribution in [0, 0.1) is 0 Å². The summed E-state index contributed by atoms with van der Waals surface area (Å²) >= 11 is 5.97. The van der Waals surface area contributed by atoms with Crippen LogP contribution < -0.4 is 5.73 Å². The molecule has 2 N–H and O–H groups in total. The zero-order valence-corrected chi connectivity index (χ0v) is 9.74. The van der Waals surface area contributed by atoms with Crippen molar-refractivity contribution in [1.29, 1.82) is 0 Å². The van der Waals surface area contributed by atoms with Gasteiger partial charge in [0.05, 0.1) is 11.7 Å². The number of rotatable bonds is 3. The molecule has 1 saturated carbocycles. The smallest absolute Gasteiger partial charge is 0.207 e. The lowest BCUT2D eigenvalue weighted by atomic mass is 10.0. The van der Waals surface area contributed by atoms with Crippen LogP contribution >= 0.6 is 11.6 Å². The second kappa shape index (κ2) is 3.47. The number of nitrogens with zero attached hydrogens (tertiary/aromatic N) is 2. The Balaban J connectivity index is 1.90. The summed E-state index contributed by atoms with van der Waals surface area (Å²) in [6.07, 6.45) is 8.14. The molecule has 0 saturated heterocycles. The van der Waals surface area contributed by atoms with Gasteiger partial charge in [-0.3, -0.25) is 4.40 Å². The number of pyridine rings is 1. The molecule has 0 spiro atoms. The van der Waals surface area contributed by atoms with Crippen LogP contribution in [0.2, 0.25) is 5.28 Å². The molecule has 2 heterocycles. The molecule has 0 aromatic carbocycles. The number of hydrogen-bond donors (Lipinski definition) is 1. The van der Waals surface area contributed by atoms with Gasteiger partial charge in [-0.2, -0.15) is 0 Å². The summed E-state index contributed by atoms with van der Waals surface area (Å²) < 4.78 is 1.91. The van der Waals surface area contributed by atoms with E-state index < -0.39 is 0 Å². The van der Waals surface area contributed by atoms with Gasteiger partial charge in [-0.05, 0) is 48.9 Å². The van der Waals surface area contributed by atoms with Gasteiger partial charge in [0.2, 0.25) is 5.28 Å². The van der Waals surface area contributed by atoms with Crippen LogP contribution in [0.3, 0.4) is 0 Å². The van der Waals surface area contributed by atoms with Crippen molar-refractivity contribution in [2.24, 2.45) is 5.73 Å². The van der Waals surface area contributed by atoms with Gasteiger partial charge in [-0.1, -0.05) is 6.07 Å². The molecule has 3 nitrogen and oxygen atoms in total. The van der Waals surface area contributed by atoms with Crippen LogP contribution in [0.25, 0.3) is 5.52 Å². The Morgan fingerprint density at radius 3 is 3.06 bits per heavy atom. The highest BCUT2D eigenvalue weighted by molar-refractivity contribution is 6.28. The molecule has 1 aliphatic rings. The third-order valence-corrected chi connectivity index (χ3v) is 3.68. The molecule has 0 aliphatic heterocycles. The van der Waals surface area contributed by atoms with Gasteiger partial charge in [0, 0.05) is 11.7 Å². The van der Waals surface area contributed by atoms with Gasteiger partial charge in [0.15, 0.2) is 0 Å². The van der Waals surface area contributed by atoms with Gasteiger partial charge in [0.1, 0.15) is 0 Å². The monoisotopic (exact) mass is 235 g/mol. The summed E-state index contributed by atoms with van der Waals surface area (Å²) in [5.74, 6) is 0. The maximum atomic E-state index is 6.10. The summed E-state index contributed by atoms with van der Waals surface area (Å²) in [7, 11) is 0. The lowest BCUT2D eigenvalue weighted by molar-refractivity contribution is 0.610. The van der Waals surface area contributed by atoms with E-state index in [4.69, 9.17) is 17.3 Å². The van der Waals surface area contributed by atoms with Crippen LogP contribution in [-0.2, 0) is 6.42 Å². The minimum Gasteiger partial charge on any atom is -0.325 e. The van der Waals surface area contributed by atoms with E-state index >= 15 is 0 Å². The number of fused-ring (bicyclic) bond motifs is 1. The Labute approximate surface area is 99.2 Å². The third-order valence-electron chi connectivity index (χ3n) is 3.40. The number of aromatic nitrogens is 2. The predicted molar refractivity (Wildman–Crippen MR) is 64.7 cm³/mol. The zero-order valence-electron chi connectivity index (χ0n) is 8.99. The van der Waals surface area contributed by atoms with Crippen molar-refractivity contribution in [1.82, 2.24) is 9.38 Å². The Bertz CT molecular complexity index is 528. The lowest BCUT2D eigenvalue weighted by Gasteiger charge is -2.09. The lowest BCUT2D eigenvalue weighted by Crippen LogP contribution is -2.22. The van der Waals surface area contributed by atoms with Crippen molar-refractivity contribution in [2.75, 3.05) is 0 Å². The largest absolute Gasteiger partial charge is 0.325 e. The van der Waals surface area contributed by atoms with Gasteiger partial charge < -0.3 is 5.73 Å². The molecule has 0 unspecified atom stereocenters. The second-order valence-corrected chi connectivity index (χ2v) is 5.02. The van der Waals surface area contributed by atoms with E-state index in [1.54, 1.807) is 0 Å². The first-order chi connectivity index (χ1) is 7.68. The third kappa shape index (κ3) is 1.70. The molecule has 2 aromatic heterocycles. The number of hydrogen-bond acceptors (Lipinski definition) is 2. The van der Waals surface area contributed by atoms with E-state index in [2.05, 4.69) is 11.1 Å². The molecule has 1 fully saturated rings. The quantitative estimate of drug-likeness (QED) is 0.888. The highest BCUT2D eigenvalue weighted by Crippen LogP contribution is 2.36. The number of nitrogens with two attached hydrogens (primary N) is 1. The van der Waals surface area contributed by atoms with Crippen molar-refractivity contribution in [3.8, 4) is 0 Å². The average Bonchev–Trinajstić information content (AvgIpc) is 2.90. The fourth-order valence-corrected chi connectivity index (χ4v) is 2.25. The van der Waals surface area contributed by atoms with E-state index in [0.717, 1.165) is 31.2 Å². The van der Waals surface area contributed by atoms with Crippen LogP contribution in [0.1, 0.15) is 24.8 Å². The first kappa shape index (κ1) is 10.1. The Morgan fingerprint density at radius 1 is 1.50 bits per heavy atom. The number of halogens is 1. The highest BCUT2D eigenvalue weighted by atomic mass is 35.5. The normalized spacial score (nSPS) is 17.9. The van der Waals surface area contributed by atoms with Gasteiger partial charge in [-0.25, -0.2) is 4.98 Å². The fourth-order valence-electron chi connectivity index (χ4n) is 2.05. The highest BCUT2D eigenvalue weighted by Gasteiger charge is 2.37. The Morgan fingerprint density at radius 2 is 2.31 bits per heavy atom. The minimum absolute atomic E-state index is 0.108. The van der Waals surface area contributed by atoms with Crippen molar-refractivity contribution in [3.63, 3.8) is 0 Å². The molecule has 1 aliphatic carbocycles. The van der Waals surface area contributed by atoms with Crippen LogP contribution in [0.5, 0.6) is 0 Å². The molecule has 2 aromatic rings. The minimum atomic E-state index is 0.108. The van der Waals surface area contributed by atoms with E-state index in [1.165, 1.54) is 5.56 Å².